The van der Waals surface area contributed by atoms with E-state index in [4.69, 9.17) is 0 Å². The van der Waals surface area contributed by atoms with Gasteiger partial charge in [-0.25, -0.2) is 0 Å². The maximum Gasteiger partial charge on any atom is 0.0565 e. The molecule has 0 aromatic carbocycles. The van der Waals surface area contributed by atoms with Gasteiger partial charge in [-0.05, 0) is 81.5 Å². The number of allylic oxidation sites excluding steroid dienone is 1. The largest absolute Gasteiger partial charge is 0.393 e. The lowest BCUT2D eigenvalue weighted by Gasteiger charge is -2.38. The summed E-state index contributed by atoms with van der Waals surface area (Å²) >= 11 is 0. The summed E-state index contributed by atoms with van der Waals surface area (Å²) in [6.07, 6.45) is 16.7. The molecule has 2 saturated carbocycles. The SMILES string of the molecule is C=CCCC1CCC(C2CCC(C(O)CC)CC2)CC1. The molecule has 1 N–H and O–H groups in total. The monoisotopic (exact) mass is 278 g/mol. The Bertz CT molecular complexity index is 269. The van der Waals surface area contributed by atoms with Crippen LogP contribution in [-0.2, 0) is 0 Å². The van der Waals surface area contributed by atoms with Crippen LogP contribution in [0.1, 0.15) is 77.6 Å². The highest BCUT2D eigenvalue weighted by Gasteiger charge is 2.32. The third-order valence-corrected chi connectivity index (χ3v) is 6.12. The van der Waals surface area contributed by atoms with Crippen LogP contribution < -0.4 is 0 Å². The molecular weight excluding hydrogens is 244 g/mol. The predicted molar refractivity (Wildman–Crippen MR) is 86.6 cm³/mol. The highest BCUT2D eigenvalue weighted by molar-refractivity contribution is 4.84. The summed E-state index contributed by atoms with van der Waals surface area (Å²) in [5.74, 6) is 3.54. The Hall–Kier alpha value is -0.300. The molecule has 20 heavy (non-hydrogen) atoms. The van der Waals surface area contributed by atoms with Gasteiger partial charge in [-0.1, -0.05) is 25.8 Å². The van der Waals surface area contributed by atoms with Crippen molar-refractivity contribution in [2.45, 2.75) is 83.7 Å². The van der Waals surface area contributed by atoms with Crippen molar-refractivity contribution in [3.8, 4) is 0 Å². The van der Waals surface area contributed by atoms with E-state index in [1.165, 1.54) is 64.2 Å². The summed E-state index contributed by atoms with van der Waals surface area (Å²) in [4.78, 5) is 0. The standard InChI is InChI=1S/C19H34O/c1-3-5-6-15-7-9-16(10-8-15)17-11-13-18(14-12-17)19(20)4-2/h3,15-20H,1,4-14H2,2H3. The fourth-order valence-corrected chi connectivity index (χ4v) is 4.64. The summed E-state index contributed by atoms with van der Waals surface area (Å²) in [5.41, 5.74) is 0. The zero-order valence-electron chi connectivity index (χ0n) is 13.4. The molecule has 1 atom stereocenters. The van der Waals surface area contributed by atoms with Crippen LogP contribution in [0.4, 0.5) is 0 Å². The Morgan fingerprint density at radius 2 is 1.55 bits per heavy atom. The summed E-state index contributed by atoms with van der Waals surface area (Å²) in [7, 11) is 0. The summed E-state index contributed by atoms with van der Waals surface area (Å²) in [6.45, 7) is 5.95. The first-order chi connectivity index (χ1) is 9.74. The molecule has 0 radical (unpaired) electrons. The molecule has 0 aromatic heterocycles. The van der Waals surface area contributed by atoms with E-state index in [0.717, 1.165) is 24.2 Å². The van der Waals surface area contributed by atoms with Gasteiger partial charge in [-0.15, -0.1) is 6.58 Å². The van der Waals surface area contributed by atoms with Crippen LogP contribution in [0.15, 0.2) is 12.7 Å². The zero-order chi connectivity index (χ0) is 14.4. The summed E-state index contributed by atoms with van der Waals surface area (Å²) < 4.78 is 0. The van der Waals surface area contributed by atoms with E-state index in [1.807, 2.05) is 0 Å². The fourth-order valence-electron chi connectivity index (χ4n) is 4.64. The third kappa shape index (κ3) is 4.35. The third-order valence-electron chi connectivity index (χ3n) is 6.12. The number of aliphatic hydroxyl groups excluding tert-OH is 1. The predicted octanol–water partition coefficient (Wildman–Crippen LogP) is 5.34. The molecule has 0 aromatic rings. The van der Waals surface area contributed by atoms with Gasteiger partial charge in [0.25, 0.3) is 0 Å². The van der Waals surface area contributed by atoms with Gasteiger partial charge in [-0.3, -0.25) is 0 Å². The Kier molecular flexibility index (Phi) is 6.61. The molecular formula is C19H34O. The van der Waals surface area contributed by atoms with Crippen molar-refractivity contribution in [3.05, 3.63) is 12.7 Å². The molecule has 1 unspecified atom stereocenters. The molecule has 2 fully saturated rings. The smallest absolute Gasteiger partial charge is 0.0565 e. The Morgan fingerprint density at radius 3 is 2.05 bits per heavy atom. The van der Waals surface area contributed by atoms with Crippen molar-refractivity contribution in [2.75, 3.05) is 0 Å². The highest BCUT2D eigenvalue weighted by atomic mass is 16.3. The van der Waals surface area contributed by atoms with Crippen LogP contribution in [0.25, 0.3) is 0 Å². The van der Waals surface area contributed by atoms with E-state index >= 15 is 0 Å². The van der Waals surface area contributed by atoms with Crippen molar-refractivity contribution >= 4 is 0 Å². The molecule has 0 spiro atoms. The highest BCUT2D eigenvalue weighted by Crippen LogP contribution is 2.42. The number of hydrogen-bond acceptors (Lipinski definition) is 1. The number of hydrogen-bond donors (Lipinski definition) is 1. The first-order valence-corrected chi connectivity index (χ1v) is 9.03. The molecule has 0 bridgehead atoms. The van der Waals surface area contributed by atoms with Crippen LogP contribution >= 0.6 is 0 Å². The molecule has 0 saturated heterocycles. The second-order valence-electron chi connectivity index (χ2n) is 7.30. The topological polar surface area (TPSA) is 20.2 Å². The maximum atomic E-state index is 9.99. The minimum absolute atomic E-state index is 0.0365. The second kappa shape index (κ2) is 8.22. The quantitative estimate of drug-likeness (QED) is 0.650. The fraction of sp³-hybridized carbons (Fsp3) is 0.895. The van der Waals surface area contributed by atoms with E-state index < -0.39 is 0 Å². The lowest BCUT2D eigenvalue weighted by Crippen LogP contribution is -2.29. The number of rotatable bonds is 6. The van der Waals surface area contributed by atoms with E-state index in [0.29, 0.717) is 5.92 Å². The van der Waals surface area contributed by atoms with E-state index in [9.17, 15) is 5.11 Å². The minimum Gasteiger partial charge on any atom is -0.393 e. The Balaban J connectivity index is 1.69. The van der Waals surface area contributed by atoms with Crippen LogP contribution in [0, 0.1) is 23.7 Å². The zero-order valence-corrected chi connectivity index (χ0v) is 13.4. The first-order valence-electron chi connectivity index (χ1n) is 9.03. The molecule has 2 aliphatic carbocycles. The summed E-state index contributed by atoms with van der Waals surface area (Å²) in [6, 6.07) is 0. The Labute approximate surface area is 125 Å². The average Bonchev–Trinajstić information content (AvgIpc) is 2.53. The van der Waals surface area contributed by atoms with E-state index in [2.05, 4.69) is 19.6 Å². The van der Waals surface area contributed by atoms with Crippen LogP contribution in [0.2, 0.25) is 0 Å². The lowest BCUT2D eigenvalue weighted by atomic mass is 9.68. The van der Waals surface area contributed by atoms with Gasteiger partial charge in [-0.2, -0.15) is 0 Å². The molecule has 1 nitrogen and oxygen atoms in total. The van der Waals surface area contributed by atoms with Crippen molar-refractivity contribution in [1.82, 2.24) is 0 Å². The van der Waals surface area contributed by atoms with Crippen molar-refractivity contribution in [3.63, 3.8) is 0 Å². The minimum atomic E-state index is -0.0365. The first kappa shape index (κ1) is 16.1. The molecule has 2 rings (SSSR count). The van der Waals surface area contributed by atoms with Crippen LogP contribution in [-0.4, -0.2) is 11.2 Å². The Morgan fingerprint density at radius 1 is 1.00 bits per heavy atom. The van der Waals surface area contributed by atoms with Gasteiger partial charge < -0.3 is 5.11 Å². The van der Waals surface area contributed by atoms with Gasteiger partial charge >= 0.3 is 0 Å². The van der Waals surface area contributed by atoms with Crippen LogP contribution in [0.3, 0.4) is 0 Å². The van der Waals surface area contributed by atoms with Gasteiger partial charge in [0.05, 0.1) is 6.10 Å². The van der Waals surface area contributed by atoms with Crippen LogP contribution in [0.5, 0.6) is 0 Å². The maximum absolute atomic E-state index is 9.99. The van der Waals surface area contributed by atoms with Crippen molar-refractivity contribution < 1.29 is 5.11 Å². The van der Waals surface area contributed by atoms with E-state index in [-0.39, 0.29) is 6.10 Å². The normalized spacial score (nSPS) is 36.5. The van der Waals surface area contributed by atoms with Gasteiger partial charge in [0.1, 0.15) is 0 Å². The van der Waals surface area contributed by atoms with Crippen molar-refractivity contribution in [2.24, 2.45) is 23.7 Å². The molecule has 1 heteroatoms. The summed E-state index contributed by atoms with van der Waals surface area (Å²) in [5, 5.41) is 9.99. The van der Waals surface area contributed by atoms with Gasteiger partial charge in [0.15, 0.2) is 0 Å². The molecule has 0 heterocycles. The molecule has 2 aliphatic rings. The van der Waals surface area contributed by atoms with Crippen molar-refractivity contribution in [1.29, 1.82) is 0 Å². The van der Waals surface area contributed by atoms with E-state index in [1.54, 1.807) is 0 Å². The molecule has 116 valence electrons. The lowest BCUT2D eigenvalue weighted by molar-refractivity contribution is 0.0546. The second-order valence-corrected chi connectivity index (χ2v) is 7.30. The number of aliphatic hydroxyl groups is 1. The van der Waals surface area contributed by atoms with Gasteiger partial charge in [0, 0.05) is 0 Å². The molecule has 0 aliphatic heterocycles. The molecule has 0 amide bonds. The van der Waals surface area contributed by atoms with Gasteiger partial charge in [0.2, 0.25) is 0 Å². The average molecular weight is 278 g/mol.